The summed E-state index contributed by atoms with van der Waals surface area (Å²) in [6, 6.07) is 5.76. The zero-order chi connectivity index (χ0) is 13.3. The van der Waals surface area contributed by atoms with Crippen LogP contribution in [0.3, 0.4) is 0 Å². The van der Waals surface area contributed by atoms with E-state index in [0.717, 1.165) is 13.0 Å². The van der Waals surface area contributed by atoms with Gasteiger partial charge in [0.05, 0.1) is 10.0 Å². The Morgan fingerprint density at radius 1 is 1.39 bits per heavy atom. The van der Waals surface area contributed by atoms with Crippen molar-refractivity contribution in [2.24, 2.45) is 5.92 Å². The van der Waals surface area contributed by atoms with E-state index in [0.29, 0.717) is 27.7 Å². The van der Waals surface area contributed by atoms with E-state index in [4.69, 9.17) is 5.73 Å². The Labute approximate surface area is 116 Å². The summed E-state index contributed by atoms with van der Waals surface area (Å²) in [5, 5.41) is 0. The molecule has 0 bridgehead atoms. The summed E-state index contributed by atoms with van der Waals surface area (Å²) < 4.78 is 0.709. The number of hydrogen-bond acceptors (Lipinski definition) is 2. The summed E-state index contributed by atoms with van der Waals surface area (Å²) in [5.74, 6) is 0.651. The Hall–Kier alpha value is -1.03. The van der Waals surface area contributed by atoms with Gasteiger partial charge in [-0.3, -0.25) is 4.79 Å². The van der Waals surface area contributed by atoms with Gasteiger partial charge >= 0.3 is 0 Å². The Balaban J connectivity index is 2.27. The number of carbonyl (C=O) groups is 1. The number of anilines is 1. The largest absolute Gasteiger partial charge is 0.398 e. The minimum Gasteiger partial charge on any atom is -0.398 e. The van der Waals surface area contributed by atoms with Crippen LogP contribution in [0, 0.1) is 5.92 Å². The summed E-state index contributed by atoms with van der Waals surface area (Å²) in [4.78, 5) is 14.5. The molecule has 0 saturated carbocycles. The van der Waals surface area contributed by atoms with Gasteiger partial charge in [0.2, 0.25) is 0 Å². The minimum atomic E-state index is 0.0771. The predicted octanol–water partition coefficient (Wildman–Crippen LogP) is 3.29. The standard InChI is InChI=1S/C14H19BrN2O/c1-9-6-7-10(2)17(8-9)14(18)11-4-3-5-12(16)13(11)15/h3-5,9-10H,6-8,16H2,1-2H3. The lowest BCUT2D eigenvalue weighted by molar-refractivity contribution is 0.0573. The fourth-order valence-electron chi connectivity index (χ4n) is 2.44. The van der Waals surface area contributed by atoms with E-state index in [1.165, 1.54) is 6.42 Å². The molecule has 2 N–H and O–H groups in total. The Morgan fingerprint density at radius 3 is 2.83 bits per heavy atom. The van der Waals surface area contributed by atoms with E-state index in [1.54, 1.807) is 6.07 Å². The van der Waals surface area contributed by atoms with Gasteiger partial charge in [-0.25, -0.2) is 0 Å². The minimum absolute atomic E-state index is 0.0771. The molecule has 4 heteroatoms. The van der Waals surface area contributed by atoms with E-state index < -0.39 is 0 Å². The zero-order valence-electron chi connectivity index (χ0n) is 10.8. The fraction of sp³-hybridized carbons (Fsp3) is 0.500. The summed E-state index contributed by atoms with van der Waals surface area (Å²) >= 11 is 3.41. The topological polar surface area (TPSA) is 46.3 Å². The number of benzene rings is 1. The fourth-order valence-corrected chi connectivity index (χ4v) is 2.88. The van der Waals surface area contributed by atoms with Crippen molar-refractivity contribution < 1.29 is 4.79 Å². The van der Waals surface area contributed by atoms with Crippen molar-refractivity contribution in [1.82, 2.24) is 4.90 Å². The molecule has 0 radical (unpaired) electrons. The average molecular weight is 311 g/mol. The van der Waals surface area contributed by atoms with Crippen molar-refractivity contribution >= 4 is 27.5 Å². The Kier molecular flexibility index (Phi) is 3.95. The molecule has 1 aliphatic rings. The number of carbonyl (C=O) groups excluding carboxylic acids is 1. The van der Waals surface area contributed by atoms with Crippen molar-refractivity contribution in [2.45, 2.75) is 32.7 Å². The summed E-state index contributed by atoms with van der Waals surface area (Å²) in [6.07, 6.45) is 2.27. The van der Waals surface area contributed by atoms with Crippen LogP contribution in [-0.2, 0) is 0 Å². The Morgan fingerprint density at radius 2 is 2.11 bits per heavy atom. The smallest absolute Gasteiger partial charge is 0.255 e. The first kappa shape index (κ1) is 13.4. The third kappa shape index (κ3) is 2.53. The molecule has 98 valence electrons. The highest BCUT2D eigenvalue weighted by molar-refractivity contribution is 9.10. The molecule has 2 atom stereocenters. The van der Waals surface area contributed by atoms with Crippen LogP contribution in [0.15, 0.2) is 22.7 Å². The molecular weight excluding hydrogens is 292 g/mol. The van der Waals surface area contributed by atoms with E-state index in [-0.39, 0.29) is 5.91 Å². The Bertz CT molecular complexity index is 461. The van der Waals surface area contributed by atoms with E-state index in [2.05, 4.69) is 29.8 Å². The lowest BCUT2D eigenvalue weighted by Crippen LogP contribution is -2.45. The van der Waals surface area contributed by atoms with Crippen LogP contribution in [0.4, 0.5) is 5.69 Å². The normalized spacial score (nSPS) is 24.1. The second-order valence-corrected chi connectivity index (χ2v) is 5.99. The van der Waals surface area contributed by atoms with Crippen LogP contribution < -0.4 is 5.73 Å². The molecule has 1 aromatic carbocycles. The van der Waals surface area contributed by atoms with Gasteiger partial charge < -0.3 is 10.6 Å². The summed E-state index contributed by atoms with van der Waals surface area (Å²) in [5.41, 5.74) is 7.11. The van der Waals surface area contributed by atoms with E-state index >= 15 is 0 Å². The summed E-state index contributed by atoms with van der Waals surface area (Å²) in [6.45, 7) is 5.14. The monoisotopic (exact) mass is 310 g/mol. The number of rotatable bonds is 1. The van der Waals surface area contributed by atoms with Gasteiger partial charge in [-0.2, -0.15) is 0 Å². The molecule has 3 nitrogen and oxygen atoms in total. The second-order valence-electron chi connectivity index (χ2n) is 5.20. The number of likely N-dealkylation sites (tertiary alicyclic amines) is 1. The number of nitrogens with zero attached hydrogens (tertiary/aromatic N) is 1. The van der Waals surface area contributed by atoms with Crippen molar-refractivity contribution in [2.75, 3.05) is 12.3 Å². The number of nitrogen functional groups attached to an aromatic ring is 1. The zero-order valence-corrected chi connectivity index (χ0v) is 12.4. The third-order valence-corrected chi connectivity index (χ3v) is 4.52. The lowest BCUT2D eigenvalue weighted by atomic mass is 9.94. The molecule has 0 aromatic heterocycles. The van der Waals surface area contributed by atoms with Gasteiger partial charge in [-0.05, 0) is 53.7 Å². The first-order valence-electron chi connectivity index (χ1n) is 6.35. The lowest BCUT2D eigenvalue weighted by Gasteiger charge is -2.37. The van der Waals surface area contributed by atoms with Crippen molar-refractivity contribution in [1.29, 1.82) is 0 Å². The van der Waals surface area contributed by atoms with Gasteiger partial charge in [0.15, 0.2) is 0 Å². The average Bonchev–Trinajstić information content (AvgIpc) is 2.35. The van der Waals surface area contributed by atoms with Gasteiger partial charge in [0.25, 0.3) is 5.91 Å². The van der Waals surface area contributed by atoms with E-state index in [9.17, 15) is 4.79 Å². The molecule has 2 unspecified atom stereocenters. The molecule has 1 heterocycles. The van der Waals surface area contributed by atoms with Crippen LogP contribution in [0.5, 0.6) is 0 Å². The van der Waals surface area contributed by atoms with Crippen LogP contribution in [0.2, 0.25) is 0 Å². The van der Waals surface area contributed by atoms with Crippen molar-refractivity contribution in [3.63, 3.8) is 0 Å². The molecule has 0 aliphatic carbocycles. The highest BCUT2D eigenvalue weighted by Crippen LogP contribution is 2.28. The molecule has 1 aliphatic heterocycles. The van der Waals surface area contributed by atoms with Gasteiger partial charge in [0.1, 0.15) is 0 Å². The van der Waals surface area contributed by atoms with Gasteiger partial charge in [0, 0.05) is 18.3 Å². The van der Waals surface area contributed by atoms with Gasteiger partial charge in [-0.1, -0.05) is 13.0 Å². The molecule has 1 fully saturated rings. The number of piperidine rings is 1. The number of nitrogens with two attached hydrogens (primary N) is 1. The number of amides is 1. The second kappa shape index (κ2) is 5.31. The van der Waals surface area contributed by atoms with Gasteiger partial charge in [-0.15, -0.1) is 0 Å². The highest BCUT2D eigenvalue weighted by atomic mass is 79.9. The number of halogens is 1. The first-order chi connectivity index (χ1) is 8.50. The maximum Gasteiger partial charge on any atom is 0.255 e. The first-order valence-corrected chi connectivity index (χ1v) is 7.15. The molecule has 1 amide bonds. The molecule has 1 saturated heterocycles. The number of hydrogen-bond donors (Lipinski definition) is 1. The summed E-state index contributed by atoms with van der Waals surface area (Å²) in [7, 11) is 0. The maximum atomic E-state index is 12.6. The van der Waals surface area contributed by atoms with E-state index in [1.807, 2.05) is 17.0 Å². The SMILES string of the molecule is CC1CCC(C)N(C(=O)c2cccc(N)c2Br)C1. The molecule has 1 aromatic rings. The van der Waals surface area contributed by atoms with Crippen LogP contribution in [-0.4, -0.2) is 23.4 Å². The van der Waals surface area contributed by atoms with Crippen LogP contribution in [0.25, 0.3) is 0 Å². The van der Waals surface area contributed by atoms with Crippen LogP contribution in [0.1, 0.15) is 37.0 Å². The quantitative estimate of drug-likeness (QED) is 0.809. The molecular formula is C14H19BrN2O. The molecule has 18 heavy (non-hydrogen) atoms. The third-order valence-electron chi connectivity index (χ3n) is 3.64. The van der Waals surface area contributed by atoms with Crippen molar-refractivity contribution in [3.8, 4) is 0 Å². The highest BCUT2D eigenvalue weighted by Gasteiger charge is 2.28. The molecule has 2 rings (SSSR count). The van der Waals surface area contributed by atoms with Crippen molar-refractivity contribution in [3.05, 3.63) is 28.2 Å². The molecule has 0 spiro atoms. The maximum absolute atomic E-state index is 12.6. The van der Waals surface area contributed by atoms with Crippen LogP contribution >= 0.6 is 15.9 Å². The predicted molar refractivity (Wildman–Crippen MR) is 77.5 cm³/mol.